The van der Waals surface area contributed by atoms with Crippen molar-refractivity contribution in [3.8, 4) is 11.9 Å². The molecule has 6 heterocycles. The second-order valence-corrected chi connectivity index (χ2v) is 10.1. The van der Waals surface area contributed by atoms with Crippen LogP contribution in [0, 0.1) is 16.7 Å². The summed E-state index contributed by atoms with van der Waals surface area (Å²) in [6.07, 6.45) is 9.82. The average molecular weight is 542 g/mol. The molecule has 3 saturated heterocycles. The highest BCUT2D eigenvalue weighted by atomic mass is 16.6. The molecule has 0 aromatic carbocycles. The molecule has 3 N–H and O–H groups in total. The topological polar surface area (TPSA) is 152 Å². The van der Waals surface area contributed by atoms with Gasteiger partial charge in [0.25, 0.3) is 0 Å². The lowest BCUT2D eigenvalue weighted by molar-refractivity contribution is -0.00879. The van der Waals surface area contributed by atoms with E-state index < -0.39 is 6.09 Å². The summed E-state index contributed by atoms with van der Waals surface area (Å²) in [6.45, 7) is 6.21. The van der Waals surface area contributed by atoms with Crippen LogP contribution in [0.2, 0.25) is 0 Å². The minimum Gasteiger partial charge on any atom is -0.481 e. The number of allylic oxidation sites excluding steroid dienone is 3. The van der Waals surface area contributed by atoms with Crippen molar-refractivity contribution in [2.45, 2.75) is 44.9 Å². The standard InChI is InChI=1S/C28H31N9O3/c1-17(2)35-28(38)40-22-7-23(27(34-11-22)19(8-29)9-30)24-12-32-25(13-31-24)36-15-20-6-21(16-36)37(20)14-18-4-5-26(39-3)33-10-18/h4-5,7-8,10-13,17,20-21,29,34H,6,14-16H2,1-3H3,(H,35,38)/b27-19+,29-8?. The number of carbonyl (C=O) groups excluding carboxylic acids is 1. The fourth-order valence-electron chi connectivity index (χ4n) is 5.09. The largest absolute Gasteiger partial charge is 0.481 e. The van der Waals surface area contributed by atoms with Gasteiger partial charge in [-0.1, -0.05) is 6.07 Å². The van der Waals surface area contributed by atoms with Gasteiger partial charge in [0.05, 0.1) is 36.5 Å². The lowest BCUT2D eigenvalue weighted by atomic mass is 9.87. The van der Waals surface area contributed by atoms with Gasteiger partial charge in [-0.2, -0.15) is 5.26 Å². The number of piperazine rings is 1. The number of pyridine rings is 1. The van der Waals surface area contributed by atoms with Crippen LogP contribution in [0.4, 0.5) is 10.6 Å². The number of nitriles is 1. The number of amides is 1. The van der Waals surface area contributed by atoms with Crippen LogP contribution in [0.3, 0.4) is 0 Å². The summed E-state index contributed by atoms with van der Waals surface area (Å²) in [5.74, 6) is 1.63. The first-order chi connectivity index (χ1) is 19.4. The summed E-state index contributed by atoms with van der Waals surface area (Å²) < 4.78 is 10.5. The molecule has 12 nitrogen and oxygen atoms in total. The van der Waals surface area contributed by atoms with E-state index in [9.17, 15) is 10.1 Å². The Morgan fingerprint density at radius 3 is 2.65 bits per heavy atom. The fourth-order valence-corrected chi connectivity index (χ4v) is 5.09. The molecular formula is C28H31N9O3. The summed E-state index contributed by atoms with van der Waals surface area (Å²) in [4.78, 5) is 30.5. The van der Waals surface area contributed by atoms with Gasteiger partial charge in [0.15, 0.2) is 0 Å². The molecule has 0 radical (unpaired) electrons. The molecule has 2 atom stereocenters. The summed E-state index contributed by atoms with van der Waals surface area (Å²) in [6, 6.07) is 6.72. The number of methoxy groups -OCH3 is 1. The quantitative estimate of drug-likeness (QED) is 0.336. The van der Waals surface area contributed by atoms with E-state index in [0.717, 1.165) is 43.7 Å². The molecule has 12 heteroatoms. The Morgan fingerprint density at radius 2 is 2.05 bits per heavy atom. The Kier molecular flexibility index (Phi) is 7.75. The Hall–Kier alpha value is -4.76. The van der Waals surface area contributed by atoms with Gasteiger partial charge >= 0.3 is 6.09 Å². The van der Waals surface area contributed by atoms with Gasteiger partial charge in [0.1, 0.15) is 17.6 Å². The monoisotopic (exact) mass is 541 g/mol. The molecule has 40 heavy (non-hydrogen) atoms. The molecule has 206 valence electrons. The smallest absolute Gasteiger partial charge is 0.412 e. The zero-order valence-corrected chi connectivity index (χ0v) is 22.6. The van der Waals surface area contributed by atoms with Gasteiger partial charge in [-0.3, -0.25) is 9.88 Å². The molecule has 6 rings (SSSR count). The van der Waals surface area contributed by atoms with Crippen molar-refractivity contribution in [1.82, 2.24) is 30.5 Å². The number of fused-ring (bicyclic) bond motifs is 2. The van der Waals surface area contributed by atoms with Crippen LogP contribution >= 0.6 is 0 Å². The van der Waals surface area contributed by atoms with E-state index in [1.165, 1.54) is 6.20 Å². The predicted molar refractivity (Wildman–Crippen MR) is 148 cm³/mol. The van der Waals surface area contributed by atoms with E-state index in [1.807, 2.05) is 32.2 Å². The number of rotatable bonds is 8. The minimum atomic E-state index is -0.596. The van der Waals surface area contributed by atoms with Gasteiger partial charge in [0, 0.05) is 68.0 Å². The van der Waals surface area contributed by atoms with Crippen LogP contribution < -0.4 is 20.3 Å². The van der Waals surface area contributed by atoms with Crippen molar-refractivity contribution in [2.75, 3.05) is 25.1 Å². The Morgan fingerprint density at radius 1 is 1.25 bits per heavy atom. The van der Waals surface area contributed by atoms with Crippen molar-refractivity contribution in [3.63, 3.8) is 0 Å². The molecule has 4 aliphatic heterocycles. The van der Waals surface area contributed by atoms with Gasteiger partial charge in [-0.25, -0.2) is 14.8 Å². The van der Waals surface area contributed by atoms with Crippen LogP contribution in [-0.2, 0) is 11.3 Å². The van der Waals surface area contributed by atoms with Crippen molar-refractivity contribution in [1.29, 1.82) is 10.7 Å². The molecule has 2 bridgehead atoms. The number of aromatic nitrogens is 3. The molecule has 2 aromatic heterocycles. The first-order valence-corrected chi connectivity index (χ1v) is 13.0. The van der Waals surface area contributed by atoms with E-state index >= 15 is 0 Å². The Labute approximate surface area is 232 Å². The molecule has 4 aliphatic rings. The molecule has 0 spiro atoms. The number of anilines is 1. The highest BCUT2D eigenvalue weighted by molar-refractivity contribution is 5.92. The number of nitrogens with one attached hydrogen (secondary N) is 3. The summed E-state index contributed by atoms with van der Waals surface area (Å²) in [5, 5.41) is 22.8. The molecule has 3 fully saturated rings. The Balaban J connectivity index is 1.29. The SMILES string of the molecule is COc1ccc(CN2C3CC2CN(c2cnc(C4=CC(OC(=O)NC(C)C)=CN/C4=C(/C#N)C=N)cn2)C3)cn1. The highest BCUT2D eigenvalue weighted by Crippen LogP contribution is 2.35. The van der Waals surface area contributed by atoms with Crippen LogP contribution in [0.15, 0.2) is 60.0 Å². The lowest BCUT2D eigenvalue weighted by Crippen LogP contribution is -2.68. The second kappa shape index (κ2) is 11.5. The maximum Gasteiger partial charge on any atom is 0.412 e. The molecule has 1 amide bonds. The summed E-state index contributed by atoms with van der Waals surface area (Å²) >= 11 is 0. The Bertz CT molecular complexity index is 1400. The number of hydrogen-bond acceptors (Lipinski definition) is 11. The van der Waals surface area contributed by atoms with E-state index in [2.05, 4.69) is 41.5 Å². The minimum absolute atomic E-state index is 0.0857. The maximum absolute atomic E-state index is 12.1. The molecule has 2 unspecified atom stereocenters. The lowest BCUT2D eigenvalue weighted by Gasteiger charge is -2.56. The van der Waals surface area contributed by atoms with Gasteiger partial charge < -0.3 is 30.4 Å². The predicted octanol–water partition coefficient (Wildman–Crippen LogP) is 2.73. The third-order valence-electron chi connectivity index (χ3n) is 7.02. The summed E-state index contributed by atoms with van der Waals surface area (Å²) in [5.41, 5.74) is 2.64. The third-order valence-corrected chi connectivity index (χ3v) is 7.02. The summed E-state index contributed by atoms with van der Waals surface area (Å²) in [7, 11) is 1.61. The number of dihydropyridines is 1. The number of alkyl carbamates (subject to hydrolysis) is 1. The zero-order valence-electron chi connectivity index (χ0n) is 22.6. The molecule has 0 saturated carbocycles. The number of nitrogens with zero attached hydrogens (tertiary/aromatic N) is 6. The van der Waals surface area contributed by atoms with Crippen LogP contribution in [0.5, 0.6) is 5.88 Å². The van der Waals surface area contributed by atoms with E-state index in [1.54, 1.807) is 25.6 Å². The van der Waals surface area contributed by atoms with Gasteiger partial charge in [-0.15, -0.1) is 0 Å². The third kappa shape index (κ3) is 5.64. The van der Waals surface area contributed by atoms with E-state index in [4.69, 9.17) is 14.9 Å². The first-order valence-electron chi connectivity index (χ1n) is 13.0. The first kappa shape index (κ1) is 26.8. The number of piperidine rings is 1. The van der Waals surface area contributed by atoms with Crippen LogP contribution in [-0.4, -0.2) is 70.5 Å². The number of hydrogen-bond donors (Lipinski definition) is 3. The van der Waals surface area contributed by atoms with Crippen LogP contribution in [0.25, 0.3) is 5.57 Å². The maximum atomic E-state index is 12.1. The average Bonchev–Trinajstić information content (AvgIpc) is 2.97. The van der Waals surface area contributed by atoms with Crippen LogP contribution in [0.1, 0.15) is 31.5 Å². The zero-order chi connectivity index (χ0) is 28.2. The highest BCUT2D eigenvalue weighted by Gasteiger charge is 2.44. The van der Waals surface area contributed by atoms with Crippen molar-refractivity contribution < 1.29 is 14.3 Å². The second-order valence-electron chi connectivity index (χ2n) is 10.1. The van der Waals surface area contributed by atoms with E-state index in [0.29, 0.717) is 34.9 Å². The fraction of sp³-hybridized carbons (Fsp3) is 0.357. The number of carbonyl (C=O) groups is 1. The number of ether oxygens (including phenoxy) is 2. The van der Waals surface area contributed by atoms with Crippen molar-refractivity contribution in [3.05, 3.63) is 71.3 Å². The van der Waals surface area contributed by atoms with Gasteiger partial charge in [-0.05, 0) is 31.9 Å². The molecule has 2 aromatic rings. The molecular weight excluding hydrogens is 510 g/mol. The van der Waals surface area contributed by atoms with Crippen molar-refractivity contribution in [2.24, 2.45) is 0 Å². The normalized spacial score (nSPS) is 21.2. The van der Waals surface area contributed by atoms with Gasteiger partial charge in [0.2, 0.25) is 5.88 Å². The van der Waals surface area contributed by atoms with Crippen molar-refractivity contribution >= 4 is 23.7 Å². The van der Waals surface area contributed by atoms with E-state index in [-0.39, 0.29) is 17.4 Å². The molecule has 0 aliphatic carbocycles.